The van der Waals surface area contributed by atoms with Crippen molar-refractivity contribution >= 4 is 28.8 Å². The average Bonchev–Trinajstić information content (AvgIpc) is 3.12. The van der Waals surface area contributed by atoms with E-state index in [0.717, 1.165) is 4.90 Å². The highest BCUT2D eigenvalue weighted by atomic mass is 16.5. The summed E-state index contributed by atoms with van der Waals surface area (Å²) >= 11 is 0. The maximum absolute atomic E-state index is 13.6. The molecule has 1 aliphatic heterocycles. The van der Waals surface area contributed by atoms with Gasteiger partial charge in [0.25, 0.3) is 11.8 Å². The molecule has 1 heterocycles. The maximum Gasteiger partial charge on any atom is 0.282 e. The van der Waals surface area contributed by atoms with E-state index < -0.39 is 11.8 Å². The van der Waals surface area contributed by atoms with E-state index >= 15 is 0 Å². The molecule has 34 heavy (non-hydrogen) atoms. The lowest BCUT2D eigenvalue weighted by Gasteiger charge is -2.16. The van der Waals surface area contributed by atoms with Gasteiger partial charge in [-0.25, -0.2) is 4.90 Å². The van der Waals surface area contributed by atoms with Crippen LogP contribution >= 0.6 is 0 Å². The summed E-state index contributed by atoms with van der Waals surface area (Å²) in [5.74, 6) is 0.390. The van der Waals surface area contributed by atoms with Crippen molar-refractivity contribution in [1.29, 1.82) is 5.26 Å². The number of imide groups is 1. The van der Waals surface area contributed by atoms with Gasteiger partial charge in [0.1, 0.15) is 22.9 Å². The first-order valence-electron chi connectivity index (χ1n) is 10.3. The van der Waals surface area contributed by atoms with Crippen molar-refractivity contribution in [2.75, 3.05) is 31.5 Å². The number of nitriles is 1. The number of hydrogen-bond acceptors (Lipinski definition) is 7. The van der Waals surface area contributed by atoms with Gasteiger partial charge in [0.05, 0.1) is 49.9 Å². The molecular weight excluding hydrogens is 434 g/mol. The molecule has 8 heteroatoms. The molecule has 0 saturated heterocycles. The van der Waals surface area contributed by atoms with Gasteiger partial charge in [-0.2, -0.15) is 5.26 Å². The summed E-state index contributed by atoms with van der Waals surface area (Å²) in [6.07, 6.45) is 0. The van der Waals surface area contributed by atoms with E-state index in [1.165, 1.54) is 14.2 Å². The van der Waals surface area contributed by atoms with Crippen LogP contribution in [0.1, 0.15) is 11.1 Å². The summed E-state index contributed by atoms with van der Waals surface area (Å²) in [4.78, 5) is 28.3. The van der Waals surface area contributed by atoms with Crippen LogP contribution in [0.2, 0.25) is 0 Å². The Bertz CT molecular complexity index is 1340. The molecular formula is C26H21N3O5. The van der Waals surface area contributed by atoms with Crippen LogP contribution in [0.25, 0.3) is 5.57 Å². The minimum atomic E-state index is -0.548. The number of benzene rings is 3. The largest absolute Gasteiger partial charge is 0.497 e. The third-order valence-corrected chi connectivity index (χ3v) is 5.38. The van der Waals surface area contributed by atoms with Crippen LogP contribution in [0.5, 0.6) is 17.2 Å². The molecule has 8 nitrogen and oxygen atoms in total. The van der Waals surface area contributed by atoms with Crippen molar-refractivity contribution < 1.29 is 23.8 Å². The van der Waals surface area contributed by atoms with Gasteiger partial charge in [-0.1, -0.05) is 18.2 Å². The Labute approximate surface area is 196 Å². The fraction of sp³-hybridized carbons (Fsp3) is 0.115. The topological polar surface area (TPSA) is 101 Å². The number of carbonyl (C=O) groups excluding carboxylic acids is 2. The molecule has 0 aromatic heterocycles. The Balaban J connectivity index is 1.86. The van der Waals surface area contributed by atoms with Crippen molar-refractivity contribution in [1.82, 2.24) is 0 Å². The molecule has 4 rings (SSSR count). The molecule has 0 saturated carbocycles. The summed E-state index contributed by atoms with van der Waals surface area (Å²) < 4.78 is 16.2. The standard InChI is InChI=1S/C26H21N3O5/c1-32-18-12-13-20(22(14-18)34-3)28-24-23(19-6-4-5-7-21(19)33-2)25(30)29(26(24)31)17-10-8-16(15-27)9-11-17/h4-14,28H,1-3H3. The van der Waals surface area contributed by atoms with E-state index in [9.17, 15) is 9.59 Å². The SMILES string of the molecule is COc1ccc(NC2=C(c3ccccc3OC)C(=O)N(c3ccc(C#N)cc3)C2=O)c(OC)c1. The van der Waals surface area contributed by atoms with Gasteiger partial charge in [-0.15, -0.1) is 0 Å². The lowest BCUT2D eigenvalue weighted by Crippen LogP contribution is -2.32. The molecule has 0 unspecified atom stereocenters. The molecule has 0 aliphatic carbocycles. The number of carbonyl (C=O) groups is 2. The molecule has 0 atom stereocenters. The fourth-order valence-corrected chi connectivity index (χ4v) is 3.70. The Morgan fingerprint density at radius 2 is 1.53 bits per heavy atom. The monoisotopic (exact) mass is 455 g/mol. The predicted octanol–water partition coefficient (Wildman–Crippen LogP) is 3.98. The zero-order valence-electron chi connectivity index (χ0n) is 18.8. The van der Waals surface area contributed by atoms with Crippen LogP contribution in [0.15, 0.2) is 72.4 Å². The Hall–Kier alpha value is -4.77. The van der Waals surface area contributed by atoms with Gasteiger partial charge in [-0.3, -0.25) is 9.59 Å². The van der Waals surface area contributed by atoms with Crippen molar-refractivity contribution in [3.63, 3.8) is 0 Å². The smallest absolute Gasteiger partial charge is 0.282 e. The van der Waals surface area contributed by atoms with Gasteiger partial charge >= 0.3 is 0 Å². The average molecular weight is 455 g/mol. The van der Waals surface area contributed by atoms with Crippen LogP contribution in [0.4, 0.5) is 11.4 Å². The molecule has 3 aromatic rings. The van der Waals surface area contributed by atoms with E-state index in [2.05, 4.69) is 5.32 Å². The third kappa shape index (κ3) is 3.91. The molecule has 1 N–H and O–H groups in total. The van der Waals surface area contributed by atoms with Crippen LogP contribution in [-0.2, 0) is 9.59 Å². The zero-order valence-corrected chi connectivity index (χ0v) is 18.8. The van der Waals surface area contributed by atoms with Crippen molar-refractivity contribution in [3.05, 3.63) is 83.6 Å². The number of ether oxygens (including phenoxy) is 3. The molecule has 3 aromatic carbocycles. The summed E-state index contributed by atoms with van der Waals surface area (Å²) in [5, 5.41) is 12.2. The maximum atomic E-state index is 13.6. The molecule has 0 radical (unpaired) electrons. The highest BCUT2D eigenvalue weighted by Crippen LogP contribution is 2.39. The minimum absolute atomic E-state index is 0.0716. The number of anilines is 2. The van der Waals surface area contributed by atoms with E-state index in [4.69, 9.17) is 19.5 Å². The van der Waals surface area contributed by atoms with Gasteiger partial charge in [-0.05, 0) is 42.5 Å². The van der Waals surface area contributed by atoms with Crippen LogP contribution in [0, 0.1) is 11.3 Å². The molecule has 1 aliphatic rings. The highest BCUT2D eigenvalue weighted by Gasteiger charge is 2.41. The predicted molar refractivity (Wildman–Crippen MR) is 127 cm³/mol. The number of nitrogens with one attached hydrogen (secondary N) is 1. The van der Waals surface area contributed by atoms with Gasteiger partial charge in [0.15, 0.2) is 0 Å². The van der Waals surface area contributed by atoms with Gasteiger partial charge in [0, 0.05) is 11.6 Å². The third-order valence-electron chi connectivity index (χ3n) is 5.38. The lowest BCUT2D eigenvalue weighted by molar-refractivity contribution is -0.120. The first-order valence-corrected chi connectivity index (χ1v) is 10.3. The minimum Gasteiger partial charge on any atom is -0.497 e. The van der Waals surface area contributed by atoms with Crippen LogP contribution < -0.4 is 24.4 Å². The second kappa shape index (κ2) is 9.38. The van der Waals surface area contributed by atoms with Crippen LogP contribution in [0.3, 0.4) is 0 Å². The normalized spacial score (nSPS) is 13.1. The Morgan fingerprint density at radius 1 is 0.824 bits per heavy atom. The second-order valence-corrected chi connectivity index (χ2v) is 7.25. The quantitative estimate of drug-likeness (QED) is 0.538. The summed E-state index contributed by atoms with van der Waals surface area (Å²) in [6, 6.07) is 20.3. The molecule has 0 spiro atoms. The van der Waals surface area contributed by atoms with Crippen molar-refractivity contribution in [2.24, 2.45) is 0 Å². The number of amides is 2. The number of hydrogen-bond donors (Lipinski definition) is 1. The van der Waals surface area contributed by atoms with Crippen molar-refractivity contribution in [3.8, 4) is 23.3 Å². The number of para-hydroxylation sites is 1. The zero-order chi connectivity index (χ0) is 24.2. The van der Waals surface area contributed by atoms with E-state index in [-0.39, 0.29) is 11.3 Å². The lowest BCUT2D eigenvalue weighted by atomic mass is 10.0. The Kier molecular flexibility index (Phi) is 6.19. The molecule has 0 bridgehead atoms. The van der Waals surface area contributed by atoms with E-state index in [0.29, 0.717) is 39.8 Å². The van der Waals surface area contributed by atoms with Gasteiger partial charge < -0.3 is 19.5 Å². The number of rotatable bonds is 7. The van der Waals surface area contributed by atoms with E-state index in [1.807, 2.05) is 6.07 Å². The summed E-state index contributed by atoms with van der Waals surface area (Å²) in [6.45, 7) is 0. The van der Waals surface area contributed by atoms with Crippen LogP contribution in [-0.4, -0.2) is 33.1 Å². The molecule has 2 amide bonds. The second-order valence-electron chi connectivity index (χ2n) is 7.25. The highest BCUT2D eigenvalue weighted by molar-refractivity contribution is 6.46. The van der Waals surface area contributed by atoms with Gasteiger partial charge in [0.2, 0.25) is 0 Å². The Morgan fingerprint density at radius 3 is 2.18 bits per heavy atom. The fourth-order valence-electron chi connectivity index (χ4n) is 3.70. The summed E-state index contributed by atoms with van der Waals surface area (Å²) in [7, 11) is 4.54. The van der Waals surface area contributed by atoms with E-state index in [1.54, 1.807) is 73.8 Å². The molecule has 0 fully saturated rings. The number of methoxy groups -OCH3 is 3. The van der Waals surface area contributed by atoms with Crippen molar-refractivity contribution in [2.45, 2.75) is 0 Å². The first kappa shape index (κ1) is 22.4. The molecule has 170 valence electrons. The number of nitrogens with zero attached hydrogens (tertiary/aromatic N) is 2. The first-order chi connectivity index (χ1) is 16.5. The summed E-state index contributed by atoms with van der Waals surface area (Å²) in [5.41, 5.74) is 1.94.